The number of ether oxygens (including phenoxy) is 3. The maximum atomic E-state index is 13.1. The van der Waals surface area contributed by atoms with Crippen molar-refractivity contribution in [3.63, 3.8) is 0 Å². The second-order valence-corrected chi connectivity index (χ2v) is 6.90. The van der Waals surface area contributed by atoms with Crippen LogP contribution in [-0.4, -0.2) is 24.4 Å². The molecule has 0 aromatic heterocycles. The van der Waals surface area contributed by atoms with Crippen molar-refractivity contribution in [1.82, 2.24) is 0 Å². The summed E-state index contributed by atoms with van der Waals surface area (Å²) in [6.07, 6.45) is 1.56. The molecule has 31 heavy (non-hydrogen) atoms. The molecule has 0 bridgehead atoms. The molecular formula is C24H19NO6. The SMILES string of the molecule is COc1ccc([N+](=O)[O-])cc1/C=C1\COc2ccc(OCc3ccccc3)cc2C1=O. The predicted molar refractivity (Wildman–Crippen MR) is 115 cm³/mol. The summed E-state index contributed by atoms with van der Waals surface area (Å²) in [5.41, 5.74) is 2.11. The number of Topliss-reactive ketones (excluding diaryl/α,β-unsaturated/α-hetero) is 1. The first-order valence-corrected chi connectivity index (χ1v) is 9.56. The van der Waals surface area contributed by atoms with E-state index in [1.807, 2.05) is 30.3 Å². The zero-order valence-electron chi connectivity index (χ0n) is 16.7. The van der Waals surface area contributed by atoms with Crippen LogP contribution in [0.25, 0.3) is 6.08 Å². The first-order chi connectivity index (χ1) is 15.0. The summed E-state index contributed by atoms with van der Waals surface area (Å²) in [4.78, 5) is 23.7. The molecule has 4 rings (SSSR count). The molecule has 156 valence electrons. The van der Waals surface area contributed by atoms with Crippen LogP contribution in [0.2, 0.25) is 0 Å². The van der Waals surface area contributed by atoms with Crippen LogP contribution >= 0.6 is 0 Å². The van der Waals surface area contributed by atoms with Crippen LogP contribution in [0.15, 0.2) is 72.3 Å². The van der Waals surface area contributed by atoms with Crippen molar-refractivity contribution in [3.05, 3.63) is 99.1 Å². The van der Waals surface area contributed by atoms with Gasteiger partial charge in [0.05, 0.1) is 17.6 Å². The third-order valence-electron chi connectivity index (χ3n) is 4.87. The molecule has 1 aliphatic rings. The van der Waals surface area contributed by atoms with Gasteiger partial charge < -0.3 is 14.2 Å². The maximum absolute atomic E-state index is 13.1. The Morgan fingerprint density at radius 3 is 2.65 bits per heavy atom. The van der Waals surface area contributed by atoms with Gasteiger partial charge in [0, 0.05) is 23.3 Å². The lowest BCUT2D eigenvalue weighted by atomic mass is 9.97. The van der Waals surface area contributed by atoms with Crippen molar-refractivity contribution in [2.45, 2.75) is 6.61 Å². The molecule has 7 nitrogen and oxygen atoms in total. The van der Waals surface area contributed by atoms with Gasteiger partial charge in [0.1, 0.15) is 30.5 Å². The summed E-state index contributed by atoms with van der Waals surface area (Å²) in [7, 11) is 1.47. The normalized spacial score (nSPS) is 14.0. The second kappa shape index (κ2) is 8.71. The molecule has 0 radical (unpaired) electrons. The van der Waals surface area contributed by atoms with Crippen molar-refractivity contribution >= 4 is 17.5 Å². The van der Waals surface area contributed by atoms with Crippen molar-refractivity contribution in [2.24, 2.45) is 0 Å². The topological polar surface area (TPSA) is 87.9 Å². The van der Waals surface area contributed by atoms with Gasteiger partial charge in [0.15, 0.2) is 5.78 Å². The van der Waals surface area contributed by atoms with Gasteiger partial charge in [0.25, 0.3) is 5.69 Å². The molecule has 0 atom stereocenters. The van der Waals surface area contributed by atoms with E-state index in [1.54, 1.807) is 24.3 Å². The Hall–Kier alpha value is -4.13. The first-order valence-electron chi connectivity index (χ1n) is 9.56. The highest BCUT2D eigenvalue weighted by molar-refractivity contribution is 6.14. The number of methoxy groups -OCH3 is 1. The van der Waals surface area contributed by atoms with E-state index in [-0.39, 0.29) is 18.1 Å². The summed E-state index contributed by atoms with van der Waals surface area (Å²) < 4.78 is 16.8. The molecule has 0 unspecified atom stereocenters. The molecule has 0 amide bonds. The van der Waals surface area contributed by atoms with Crippen LogP contribution in [0.3, 0.4) is 0 Å². The number of fused-ring (bicyclic) bond motifs is 1. The molecule has 3 aromatic rings. The number of hydrogen-bond donors (Lipinski definition) is 0. The predicted octanol–water partition coefficient (Wildman–Crippen LogP) is 4.84. The quantitative estimate of drug-likeness (QED) is 0.324. The number of rotatable bonds is 6. The Bertz CT molecular complexity index is 1170. The Kier molecular flexibility index (Phi) is 5.66. The van der Waals surface area contributed by atoms with Gasteiger partial charge in [-0.3, -0.25) is 14.9 Å². The van der Waals surface area contributed by atoms with Gasteiger partial charge in [-0.15, -0.1) is 0 Å². The molecule has 0 saturated heterocycles. The molecule has 1 aliphatic heterocycles. The standard InChI is InChI=1S/C24H19NO6/c1-29-22-9-7-19(25(27)28)12-17(22)11-18-15-31-23-10-8-20(13-21(23)24(18)26)30-14-16-5-3-2-4-6-16/h2-13H,14-15H2,1H3/b18-11+. The summed E-state index contributed by atoms with van der Waals surface area (Å²) in [6, 6.07) is 19.1. The van der Waals surface area contributed by atoms with E-state index in [1.165, 1.54) is 25.3 Å². The van der Waals surface area contributed by atoms with Crippen LogP contribution in [0.5, 0.6) is 17.2 Å². The molecule has 1 heterocycles. The van der Waals surface area contributed by atoms with E-state index in [0.717, 1.165) is 5.56 Å². The highest BCUT2D eigenvalue weighted by Crippen LogP contribution is 2.33. The average molecular weight is 417 g/mol. The lowest BCUT2D eigenvalue weighted by molar-refractivity contribution is -0.384. The lowest BCUT2D eigenvalue weighted by Crippen LogP contribution is -2.19. The van der Waals surface area contributed by atoms with E-state index in [4.69, 9.17) is 14.2 Å². The van der Waals surface area contributed by atoms with Crippen LogP contribution in [0.1, 0.15) is 21.5 Å². The largest absolute Gasteiger partial charge is 0.496 e. The van der Waals surface area contributed by atoms with Crippen molar-refractivity contribution in [2.75, 3.05) is 13.7 Å². The third-order valence-corrected chi connectivity index (χ3v) is 4.87. The monoisotopic (exact) mass is 417 g/mol. The average Bonchev–Trinajstić information content (AvgIpc) is 2.80. The van der Waals surface area contributed by atoms with E-state index in [2.05, 4.69) is 0 Å². The number of hydrogen-bond acceptors (Lipinski definition) is 6. The van der Waals surface area contributed by atoms with Gasteiger partial charge in [-0.2, -0.15) is 0 Å². The van der Waals surface area contributed by atoms with E-state index in [0.29, 0.717) is 40.6 Å². The van der Waals surface area contributed by atoms with Gasteiger partial charge >= 0.3 is 0 Å². The fourth-order valence-corrected chi connectivity index (χ4v) is 3.28. The van der Waals surface area contributed by atoms with Gasteiger partial charge in [-0.05, 0) is 35.9 Å². The number of carbonyl (C=O) groups excluding carboxylic acids is 1. The third kappa shape index (κ3) is 4.40. The molecule has 0 N–H and O–H groups in total. The minimum Gasteiger partial charge on any atom is -0.496 e. The lowest BCUT2D eigenvalue weighted by Gasteiger charge is -2.20. The molecule has 0 aliphatic carbocycles. The van der Waals surface area contributed by atoms with Crippen molar-refractivity contribution in [3.8, 4) is 17.2 Å². The number of nitro benzene ring substituents is 1. The van der Waals surface area contributed by atoms with E-state index >= 15 is 0 Å². The fraction of sp³-hybridized carbons (Fsp3) is 0.125. The molecule has 0 fully saturated rings. The minimum absolute atomic E-state index is 0.0574. The van der Waals surface area contributed by atoms with Gasteiger partial charge in [-0.1, -0.05) is 30.3 Å². The number of carbonyl (C=O) groups is 1. The van der Waals surface area contributed by atoms with Crippen molar-refractivity contribution in [1.29, 1.82) is 0 Å². The second-order valence-electron chi connectivity index (χ2n) is 6.90. The number of nitrogens with zero attached hydrogens (tertiary/aromatic N) is 1. The Balaban J connectivity index is 1.60. The van der Waals surface area contributed by atoms with Crippen LogP contribution in [-0.2, 0) is 6.61 Å². The minimum atomic E-state index is -0.494. The number of non-ortho nitro benzene ring substituents is 1. The number of nitro groups is 1. The molecule has 0 spiro atoms. The molecular weight excluding hydrogens is 398 g/mol. The smallest absolute Gasteiger partial charge is 0.270 e. The summed E-state index contributed by atoms with van der Waals surface area (Å²) in [5, 5.41) is 11.1. The zero-order chi connectivity index (χ0) is 21.8. The number of benzene rings is 3. The summed E-state index contributed by atoms with van der Waals surface area (Å²) in [6.45, 7) is 0.435. The Morgan fingerprint density at radius 2 is 1.90 bits per heavy atom. The Labute approximate surface area is 178 Å². The molecule has 0 saturated carbocycles. The van der Waals surface area contributed by atoms with Crippen LogP contribution < -0.4 is 14.2 Å². The van der Waals surface area contributed by atoms with E-state index < -0.39 is 4.92 Å². The summed E-state index contributed by atoms with van der Waals surface area (Å²) >= 11 is 0. The maximum Gasteiger partial charge on any atom is 0.270 e. The first kappa shape index (κ1) is 20.2. The number of ketones is 1. The van der Waals surface area contributed by atoms with Crippen molar-refractivity contribution < 1.29 is 23.9 Å². The highest BCUT2D eigenvalue weighted by atomic mass is 16.6. The zero-order valence-corrected chi connectivity index (χ0v) is 16.7. The van der Waals surface area contributed by atoms with E-state index in [9.17, 15) is 14.9 Å². The molecule has 7 heteroatoms. The fourth-order valence-electron chi connectivity index (χ4n) is 3.28. The van der Waals surface area contributed by atoms with Gasteiger partial charge in [-0.25, -0.2) is 0 Å². The Morgan fingerprint density at radius 1 is 1.10 bits per heavy atom. The summed E-state index contributed by atoms with van der Waals surface area (Å²) in [5.74, 6) is 1.23. The van der Waals surface area contributed by atoms with Crippen LogP contribution in [0, 0.1) is 10.1 Å². The van der Waals surface area contributed by atoms with Gasteiger partial charge in [0.2, 0.25) is 0 Å². The highest BCUT2D eigenvalue weighted by Gasteiger charge is 2.25. The van der Waals surface area contributed by atoms with Crippen LogP contribution in [0.4, 0.5) is 5.69 Å². The molecule has 3 aromatic carbocycles.